The number of aliphatic hydroxyl groups excluding tert-OH is 2. The first-order chi connectivity index (χ1) is 42.9. The fourth-order valence-electron chi connectivity index (χ4n) is 18.8. The van der Waals surface area contributed by atoms with E-state index in [4.69, 9.17) is 15.5 Å². The molecule has 16 heteroatoms. The number of aliphatic hydroxyl groups is 2. The first-order valence-electron chi connectivity index (χ1n) is 33.5. The number of fused-ring (bicyclic) bond motifs is 13. The lowest BCUT2D eigenvalue weighted by Gasteiger charge is -2.55. The molecule has 7 bridgehead atoms. The predicted molar refractivity (Wildman–Crippen MR) is 357 cm³/mol. The van der Waals surface area contributed by atoms with Crippen molar-refractivity contribution in [1.29, 1.82) is 0 Å². The van der Waals surface area contributed by atoms with Crippen molar-refractivity contribution in [3.63, 3.8) is 0 Å². The molecule has 10 aliphatic rings. The fraction of sp³-hybridized carbons (Fsp3) is 0.597. The molecule has 4 aliphatic carbocycles. The van der Waals surface area contributed by atoms with Crippen LogP contribution in [0.1, 0.15) is 131 Å². The lowest BCUT2D eigenvalue weighted by Crippen LogP contribution is -2.57. The number of nitrogens with zero attached hydrogens (tertiary/aromatic N) is 1. The number of guanidine groups is 1. The van der Waals surface area contributed by atoms with Gasteiger partial charge in [0.25, 0.3) is 0 Å². The average Bonchev–Trinajstić information content (AvgIpc) is 1.68. The molecule has 14 atom stereocenters. The quantitative estimate of drug-likeness (QED) is 0.0439. The molecule has 13 rings (SSSR count). The van der Waals surface area contributed by atoms with E-state index in [-0.39, 0.29) is 63.7 Å². The third-order valence-corrected chi connectivity index (χ3v) is 25.0. The van der Waals surface area contributed by atoms with Crippen LogP contribution in [0.3, 0.4) is 0 Å². The van der Waals surface area contributed by atoms with Gasteiger partial charge in [0.15, 0.2) is 23.2 Å². The number of rotatable bonds is 13. The number of methoxy groups -OCH3 is 1. The van der Waals surface area contributed by atoms with Crippen molar-refractivity contribution in [2.45, 2.75) is 159 Å². The number of aliphatic imine (C=N–C) groups is 1. The molecule has 0 aromatic heterocycles. The summed E-state index contributed by atoms with van der Waals surface area (Å²) in [5.41, 5.74) is 16.1. The number of piperidine rings is 2. The topological polar surface area (TPSA) is 215 Å². The molecule has 0 radical (unpaired) electrons. The van der Waals surface area contributed by atoms with Crippen LogP contribution in [0.25, 0.3) is 5.57 Å². The van der Waals surface area contributed by atoms with Crippen molar-refractivity contribution in [3.05, 3.63) is 136 Å². The van der Waals surface area contributed by atoms with E-state index in [9.17, 15) is 24.9 Å². The number of hydrogen-bond acceptors (Lipinski definition) is 16. The Hall–Kier alpha value is -4.91. The molecule has 1 spiro atoms. The molecule has 1 unspecified atom stereocenters. The Morgan fingerprint density at radius 3 is 2.55 bits per heavy atom. The number of phenolic OH excluding ortho intramolecular Hbond substituents is 1. The monoisotopic (exact) mass is 1230 g/mol. The minimum absolute atomic E-state index is 0.00294. The Bertz CT molecular complexity index is 3110. The van der Waals surface area contributed by atoms with Crippen molar-refractivity contribution in [1.82, 2.24) is 31.9 Å². The number of carbonyl (C=O) groups is 2. The third-order valence-electron chi connectivity index (χ3n) is 22.5. The highest BCUT2D eigenvalue weighted by atomic mass is 33.1. The summed E-state index contributed by atoms with van der Waals surface area (Å²) in [5, 5.41) is 56.8. The zero-order valence-corrected chi connectivity index (χ0v) is 53.7. The Balaban J connectivity index is 0.861. The summed E-state index contributed by atoms with van der Waals surface area (Å²) >= 11 is 0. The van der Waals surface area contributed by atoms with E-state index in [2.05, 4.69) is 105 Å². The average molecular weight is 1240 g/mol. The maximum absolute atomic E-state index is 14.7. The van der Waals surface area contributed by atoms with Gasteiger partial charge in [-0.25, -0.2) is 4.99 Å². The minimum atomic E-state index is -0.461. The van der Waals surface area contributed by atoms with Gasteiger partial charge in [0, 0.05) is 49.6 Å². The number of ketones is 2. The molecule has 2 saturated heterocycles. The molecule has 88 heavy (non-hydrogen) atoms. The van der Waals surface area contributed by atoms with Crippen LogP contribution in [0.4, 0.5) is 0 Å². The summed E-state index contributed by atoms with van der Waals surface area (Å²) in [6.45, 7) is 6.69. The molecule has 6 aliphatic heterocycles. The minimum Gasteiger partial charge on any atom is -0.504 e. The van der Waals surface area contributed by atoms with Crippen LogP contribution in [0.5, 0.6) is 11.5 Å². The largest absolute Gasteiger partial charge is 0.504 e. The maximum atomic E-state index is 14.7. The van der Waals surface area contributed by atoms with Crippen molar-refractivity contribution < 1.29 is 29.6 Å². The summed E-state index contributed by atoms with van der Waals surface area (Å²) < 4.78 is 5.71. The van der Waals surface area contributed by atoms with E-state index >= 15 is 0 Å². The van der Waals surface area contributed by atoms with Gasteiger partial charge < -0.3 is 52.4 Å². The van der Waals surface area contributed by atoms with E-state index in [0.717, 1.165) is 134 Å². The highest BCUT2D eigenvalue weighted by Gasteiger charge is 2.65. The molecule has 474 valence electrons. The van der Waals surface area contributed by atoms with E-state index in [0.29, 0.717) is 83.9 Å². The molecule has 3 aromatic carbocycles. The SMILES string of the molecule is COc1cc2c(cc1O)CC1=CNC3NCC[C@H](SSCN=C(N)NCC[C@@H]4CC[C@]5(C4)[C@H](NC[C@H](C)O)C[C@]4(C[C@H]6[C@H]7CCNC[C@H]7C[C@@H]7C=CCN[C@@H]67)C[C@H](CC[C@@H]45)CC(=O)CC(=O)/C=C/2CO)C3=C1CCc1cccc(CCc2ccccc2)c1. The molecule has 4 saturated carbocycles. The number of benzene rings is 3. The van der Waals surface area contributed by atoms with E-state index in [1.165, 1.54) is 53.9 Å². The maximum Gasteiger partial charge on any atom is 0.189 e. The van der Waals surface area contributed by atoms with Crippen LogP contribution in [-0.4, -0.2) is 121 Å². The molecule has 11 N–H and O–H groups in total. The second-order valence-corrected chi connectivity index (χ2v) is 30.4. The summed E-state index contributed by atoms with van der Waals surface area (Å²) in [7, 11) is 5.10. The summed E-state index contributed by atoms with van der Waals surface area (Å²) in [6, 6.07) is 23.8. The van der Waals surface area contributed by atoms with Gasteiger partial charge in [-0.05, 0) is 256 Å². The summed E-state index contributed by atoms with van der Waals surface area (Å²) in [6.07, 6.45) is 25.0. The smallest absolute Gasteiger partial charge is 0.189 e. The highest BCUT2D eigenvalue weighted by molar-refractivity contribution is 8.77. The molecule has 6 heterocycles. The second-order valence-electron chi connectivity index (χ2n) is 27.9. The Labute approximate surface area is 530 Å². The highest BCUT2D eigenvalue weighted by Crippen LogP contribution is 2.70. The van der Waals surface area contributed by atoms with Crippen molar-refractivity contribution in [2.75, 3.05) is 58.9 Å². The number of ether oxygens (including phenoxy) is 1. The zero-order valence-electron chi connectivity index (χ0n) is 52.1. The fourth-order valence-corrected chi connectivity index (χ4v) is 21.3. The van der Waals surface area contributed by atoms with Gasteiger partial charge >= 0.3 is 0 Å². The first-order valence-corrected chi connectivity index (χ1v) is 35.9. The number of allylic oxidation sites excluding steroid dienone is 3. The number of aromatic hydroxyl groups is 1. The van der Waals surface area contributed by atoms with Crippen molar-refractivity contribution >= 4 is 44.7 Å². The number of phenols is 1. The molecule has 14 nitrogen and oxygen atoms in total. The van der Waals surface area contributed by atoms with Gasteiger partial charge in [0.2, 0.25) is 0 Å². The molecular formula is C72H98N8O6S2. The van der Waals surface area contributed by atoms with Gasteiger partial charge in [-0.15, -0.1) is 0 Å². The van der Waals surface area contributed by atoms with Crippen LogP contribution in [-0.2, 0) is 35.3 Å². The lowest BCUT2D eigenvalue weighted by molar-refractivity contribution is -0.126. The van der Waals surface area contributed by atoms with Crippen molar-refractivity contribution in [2.24, 2.45) is 63.0 Å². The number of nitrogens with two attached hydrogens (primary N) is 1. The van der Waals surface area contributed by atoms with Gasteiger partial charge in [0.05, 0.1) is 32.1 Å². The Kier molecular flexibility index (Phi) is 20.6. The number of hydrogen-bond donors (Lipinski definition) is 10. The zero-order chi connectivity index (χ0) is 60.8. The number of dihydropyridines is 1. The van der Waals surface area contributed by atoms with Crippen LogP contribution in [0, 0.1) is 52.3 Å². The van der Waals surface area contributed by atoms with Crippen LogP contribution in [0.2, 0.25) is 0 Å². The van der Waals surface area contributed by atoms with Crippen LogP contribution in [0.15, 0.2) is 113 Å². The second kappa shape index (κ2) is 28.7. The molecular weight excluding hydrogens is 1140 g/mol. The Morgan fingerprint density at radius 2 is 1.72 bits per heavy atom. The van der Waals surface area contributed by atoms with Crippen molar-refractivity contribution in [3.8, 4) is 11.5 Å². The Morgan fingerprint density at radius 1 is 0.886 bits per heavy atom. The normalized spacial score (nSPS) is 33.9. The summed E-state index contributed by atoms with van der Waals surface area (Å²) in [4.78, 5) is 34.1. The predicted octanol–water partition coefficient (Wildman–Crippen LogP) is 9.49. The number of aryl methyl sites for hydroxylation is 3. The van der Waals surface area contributed by atoms with Gasteiger partial charge in [-0.1, -0.05) is 88.3 Å². The van der Waals surface area contributed by atoms with Crippen LogP contribution < -0.4 is 42.4 Å². The van der Waals surface area contributed by atoms with Crippen LogP contribution >= 0.6 is 21.6 Å². The summed E-state index contributed by atoms with van der Waals surface area (Å²) in [5.74, 6) is 4.32. The first kappa shape index (κ1) is 63.2. The lowest BCUT2D eigenvalue weighted by atomic mass is 9.52. The standard InChI is InChI=1S/C72H98N8O6S2/c1-45(82)40-78-66-39-71(38-61-58-21-25-74-41-53(58)30-51-12-7-24-75-68(51)61)36-50-16-18-65(71)72(66)23-19-49(37-72)20-26-77-70(73)80-44-87-88-64-22-27-76-69-67(64)59(17-15-48-11-6-10-47(28-48)14-13-46-8-4-3-5-9-46)54(42-79-69)31-52-33-62(85)63(86-2)35-60(52)55(43-81)32-57(84)34-56(83)29-50/h3-12,28,32-33,35,42,45,49-51,53,58,61,64-66,68-69,74-76,78-79,81-82,85H,13-27,29-31,34,36-41,43-44H2,1-2H3,(H3,73,77,80)/b55-32+/t45-,49-,50+,51-,53+,58-,61-,64-,65-,66+,68+,69?,71+,72+/m0/s1. The van der Waals surface area contributed by atoms with E-state index in [1.54, 1.807) is 22.9 Å². The molecule has 6 fully saturated rings. The third kappa shape index (κ3) is 14.2. The van der Waals surface area contributed by atoms with E-state index < -0.39 is 12.7 Å². The molecule has 3 aromatic rings. The number of carbonyl (C=O) groups excluding carboxylic acids is 2. The van der Waals surface area contributed by atoms with E-state index in [1.807, 2.05) is 17.7 Å². The van der Waals surface area contributed by atoms with Gasteiger partial charge in [-0.3, -0.25) is 14.9 Å². The number of nitrogens with one attached hydrogen (secondary N) is 6. The van der Waals surface area contributed by atoms with Gasteiger partial charge in [-0.2, -0.15) is 0 Å². The van der Waals surface area contributed by atoms with Gasteiger partial charge in [0.1, 0.15) is 11.9 Å². The number of Topliss-reactive ketones (excluding diaryl/α,β-unsaturated/α-hetero) is 1. The molecule has 0 amide bonds.